The molecule has 2 heterocycles. The number of nitrogens with one attached hydrogen (secondary N) is 2. The molecule has 102 valence electrons. The third-order valence-corrected chi connectivity index (χ3v) is 2.75. The van der Waals surface area contributed by atoms with Gasteiger partial charge in [-0.05, 0) is 0 Å². The number of fused-ring (bicyclic) bond motifs is 1. The van der Waals surface area contributed by atoms with E-state index in [2.05, 4.69) is 25.5 Å². The predicted molar refractivity (Wildman–Crippen MR) is 73.2 cm³/mol. The fourth-order valence-corrected chi connectivity index (χ4v) is 1.64. The summed E-state index contributed by atoms with van der Waals surface area (Å²) in [6.07, 6.45) is 1.65. The van der Waals surface area contributed by atoms with E-state index in [1.807, 2.05) is 7.05 Å². The van der Waals surface area contributed by atoms with Crippen LogP contribution in [0.2, 0.25) is 0 Å². The molecule has 0 bridgehead atoms. The molecular weight excluding hydrogens is 246 g/mol. The van der Waals surface area contributed by atoms with Gasteiger partial charge in [0.05, 0.1) is 18.1 Å². The number of anilines is 2. The Hall–Kier alpha value is -2.38. The number of hydrogen-bond acceptors (Lipinski definition) is 6. The number of nitrogens with zero attached hydrogens (tertiary/aromatic N) is 5. The van der Waals surface area contributed by atoms with Crippen molar-refractivity contribution < 1.29 is 4.79 Å². The molecule has 2 rings (SSSR count). The number of H-pyrrole nitrogens is 1. The zero-order chi connectivity index (χ0) is 14.0. The first-order valence-corrected chi connectivity index (χ1v) is 5.83. The van der Waals surface area contributed by atoms with Crippen molar-refractivity contribution in [2.24, 2.45) is 0 Å². The topological polar surface area (TPSA) is 90.0 Å². The van der Waals surface area contributed by atoms with E-state index in [0.29, 0.717) is 17.4 Å². The number of amides is 1. The molecule has 1 amide bonds. The monoisotopic (exact) mass is 263 g/mol. The van der Waals surface area contributed by atoms with Crippen LogP contribution in [-0.4, -0.2) is 65.7 Å². The van der Waals surface area contributed by atoms with Crippen LogP contribution in [0.5, 0.6) is 0 Å². The molecule has 0 aliphatic heterocycles. The van der Waals surface area contributed by atoms with Crippen molar-refractivity contribution in [2.75, 3.05) is 45.0 Å². The van der Waals surface area contributed by atoms with Gasteiger partial charge in [-0.15, -0.1) is 0 Å². The SMILES string of the molecule is CNc1nc(N(C)CC(=O)N(C)C)c2cn[nH]c2n1. The maximum absolute atomic E-state index is 11.8. The Kier molecular flexibility index (Phi) is 3.50. The Labute approximate surface area is 110 Å². The van der Waals surface area contributed by atoms with Gasteiger partial charge in [-0.25, -0.2) is 0 Å². The third-order valence-electron chi connectivity index (χ3n) is 2.75. The Morgan fingerprint density at radius 2 is 2.11 bits per heavy atom. The number of likely N-dealkylation sites (N-methyl/N-ethyl adjacent to an activating group) is 2. The lowest BCUT2D eigenvalue weighted by Crippen LogP contribution is -2.34. The number of aromatic amines is 1. The van der Waals surface area contributed by atoms with Crippen LogP contribution in [0.4, 0.5) is 11.8 Å². The summed E-state index contributed by atoms with van der Waals surface area (Å²) in [6, 6.07) is 0. The van der Waals surface area contributed by atoms with Gasteiger partial charge in [0.2, 0.25) is 11.9 Å². The van der Waals surface area contributed by atoms with Crippen LogP contribution in [0.25, 0.3) is 11.0 Å². The molecule has 0 aliphatic rings. The minimum atomic E-state index is 0.00349. The molecule has 2 N–H and O–H groups in total. The maximum Gasteiger partial charge on any atom is 0.241 e. The van der Waals surface area contributed by atoms with Gasteiger partial charge in [0, 0.05) is 28.2 Å². The molecule has 0 saturated carbocycles. The molecule has 0 spiro atoms. The second-order valence-corrected chi connectivity index (χ2v) is 4.40. The molecule has 0 aromatic carbocycles. The minimum absolute atomic E-state index is 0.00349. The molecule has 2 aromatic heterocycles. The van der Waals surface area contributed by atoms with Gasteiger partial charge in [-0.2, -0.15) is 15.1 Å². The normalized spacial score (nSPS) is 10.5. The van der Waals surface area contributed by atoms with E-state index >= 15 is 0 Å². The van der Waals surface area contributed by atoms with Gasteiger partial charge in [-0.3, -0.25) is 9.89 Å². The summed E-state index contributed by atoms with van der Waals surface area (Å²) in [7, 11) is 7.01. The van der Waals surface area contributed by atoms with E-state index in [1.54, 1.807) is 37.1 Å². The summed E-state index contributed by atoms with van der Waals surface area (Å²) in [6.45, 7) is 0.243. The predicted octanol–water partition coefficient (Wildman–Crippen LogP) is -0.0810. The zero-order valence-corrected chi connectivity index (χ0v) is 11.4. The average Bonchev–Trinajstić information content (AvgIpc) is 2.84. The van der Waals surface area contributed by atoms with Crippen LogP contribution >= 0.6 is 0 Å². The van der Waals surface area contributed by atoms with Gasteiger partial charge < -0.3 is 15.1 Å². The smallest absolute Gasteiger partial charge is 0.241 e. The van der Waals surface area contributed by atoms with Crippen LogP contribution < -0.4 is 10.2 Å². The lowest BCUT2D eigenvalue weighted by molar-refractivity contribution is -0.127. The highest BCUT2D eigenvalue weighted by molar-refractivity contribution is 5.90. The lowest BCUT2D eigenvalue weighted by Gasteiger charge is -2.20. The Balaban J connectivity index is 2.37. The van der Waals surface area contributed by atoms with Gasteiger partial charge in [-0.1, -0.05) is 0 Å². The molecule has 8 heteroatoms. The third kappa shape index (κ3) is 2.56. The van der Waals surface area contributed by atoms with Crippen LogP contribution in [0.1, 0.15) is 0 Å². The summed E-state index contributed by atoms with van der Waals surface area (Å²) in [5.74, 6) is 1.15. The van der Waals surface area contributed by atoms with Gasteiger partial charge >= 0.3 is 0 Å². The standard InChI is InChI=1S/C11H17N7O/c1-12-11-14-9-7(5-13-16-9)10(15-11)18(4)6-8(19)17(2)3/h5H,6H2,1-4H3,(H2,12,13,14,15,16). The first kappa shape index (κ1) is 13.1. The highest BCUT2D eigenvalue weighted by atomic mass is 16.2. The Morgan fingerprint density at radius 1 is 1.37 bits per heavy atom. The number of aromatic nitrogens is 4. The van der Waals surface area contributed by atoms with Crippen molar-refractivity contribution in [3.63, 3.8) is 0 Å². The number of carbonyl (C=O) groups excluding carboxylic acids is 1. The van der Waals surface area contributed by atoms with E-state index in [4.69, 9.17) is 0 Å². The summed E-state index contributed by atoms with van der Waals surface area (Å²) >= 11 is 0. The zero-order valence-electron chi connectivity index (χ0n) is 11.4. The molecule has 2 aromatic rings. The second-order valence-electron chi connectivity index (χ2n) is 4.40. The molecule has 0 radical (unpaired) electrons. The Morgan fingerprint density at radius 3 is 2.74 bits per heavy atom. The van der Waals surface area contributed by atoms with E-state index in [9.17, 15) is 4.79 Å². The molecule has 0 fully saturated rings. The van der Waals surface area contributed by atoms with Crippen LogP contribution in [-0.2, 0) is 4.79 Å². The molecule has 0 saturated heterocycles. The van der Waals surface area contributed by atoms with Crippen LogP contribution in [0.3, 0.4) is 0 Å². The van der Waals surface area contributed by atoms with Crippen molar-refractivity contribution in [3.05, 3.63) is 6.20 Å². The van der Waals surface area contributed by atoms with E-state index in [1.165, 1.54) is 0 Å². The van der Waals surface area contributed by atoms with Crippen molar-refractivity contribution >= 4 is 28.7 Å². The molecule has 0 unspecified atom stereocenters. The maximum atomic E-state index is 11.8. The van der Waals surface area contributed by atoms with Crippen molar-refractivity contribution in [2.45, 2.75) is 0 Å². The number of carbonyl (C=O) groups is 1. The number of hydrogen-bond donors (Lipinski definition) is 2. The highest BCUT2D eigenvalue weighted by Gasteiger charge is 2.15. The van der Waals surface area contributed by atoms with Crippen molar-refractivity contribution in [1.29, 1.82) is 0 Å². The van der Waals surface area contributed by atoms with Crippen LogP contribution in [0, 0.1) is 0 Å². The molecule has 0 aliphatic carbocycles. The second kappa shape index (κ2) is 5.09. The summed E-state index contributed by atoms with van der Waals surface area (Å²) < 4.78 is 0. The summed E-state index contributed by atoms with van der Waals surface area (Å²) in [5, 5.41) is 10.4. The van der Waals surface area contributed by atoms with Crippen molar-refractivity contribution in [3.8, 4) is 0 Å². The largest absolute Gasteiger partial charge is 0.357 e. The summed E-state index contributed by atoms with van der Waals surface area (Å²) in [5.41, 5.74) is 0.638. The molecule has 19 heavy (non-hydrogen) atoms. The van der Waals surface area contributed by atoms with E-state index < -0.39 is 0 Å². The average molecular weight is 263 g/mol. The highest BCUT2D eigenvalue weighted by Crippen LogP contribution is 2.22. The quantitative estimate of drug-likeness (QED) is 0.802. The van der Waals surface area contributed by atoms with Gasteiger partial charge in [0.1, 0.15) is 5.82 Å². The molecule has 8 nitrogen and oxygen atoms in total. The van der Waals surface area contributed by atoms with Crippen LogP contribution in [0.15, 0.2) is 6.20 Å². The fraction of sp³-hybridized carbons (Fsp3) is 0.455. The van der Waals surface area contributed by atoms with Gasteiger partial charge in [0.15, 0.2) is 5.65 Å². The first-order valence-electron chi connectivity index (χ1n) is 5.83. The minimum Gasteiger partial charge on any atom is -0.357 e. The van der Waals surface area contributed by atoms with Crippen molar-refractivity contribution in [1.82, 2.24) is 25.1 Å². The van der Waals surface area contributed by atoms with E-state index in [-0.39, 0.29) is 12.5 Å². The molecular formula is C11H17N7O. The molecule has 0 atom stereocenters. The summed E-state index contributed by atoms with van der Waals surface area (Å²) in [4.78, 5) is 23.7. The lowest BCUT2D eigenvalue weighted by atomic mass is 10.3. The van der Waals surface area contributed by atoms with E-state index in [0.717, 1.165) is 5.39 Å². The Bertz CT molecular complexity index is 592. The fourth-order valence-electron chi connectivity index (χ4n) is 1.64. The first-order chi connectivity index (χ1) is 9.02. The van der Waals surface area contributed by atoms with Gasteiger partial charge in [0.25, 0.3) is 0 Å². The number of rotatable bonds is 4.